The summed E-state index contributed by atoms with van der Waals surface area (Å²) in [5.41, 5.74) is 0. The number of carbonyl (C=O) groups is 2. The van der Waals surface area contributed by atoms with Gasteiger partial charge in [-0.2, -0.15) is 0 Å². The zero-order chi connectivity index (χ0) is 9.14. The highest BCUT2D eigenvalue weighted by molar-refractivity contribution is 5.73. The normalized spacial score (nSPS) is 27.4. The molecule has 1 saturated carbocycles. The summed E-state index contributed by atoms with van der Waals surface area (Å²) in [6.07, 6.45) is 2.00. The number of rotatable bonds is 3. The summed E-state index contributed by atoms with van der Waals surface area (Å²) in [6.45, 7) is 1.45. The Balaban J connectivity index is 2.29. The molecule has 0 radical (unpaired) electrons. The van der Waals surface area contributed by atoms with Crippen LogP contribution in [0.4, 0.5) is 0 Å². The van der Waals surface area contributed by atoms with E-state index in [1.807, 2.05) is 0 Å². The third-order valence-corrected chi connectivity index (χ3v) is 2.24. The van der Waals surface area contributed by atoms with Gasteiger partial charge in [0.15, 0.2) is 0 Å². The van der Waals surface area contributed by atoms with Crippen LogP contribution in [0.1, 0.15) is 26.2 Å². The maximum atomic E-state index is 10.6. The molecule has 68 valence electrons. The smallest absolute Gasteiger partial charge is 0.303 e. The van der Waals surface area contributed by atoms with Crippen molar-refractivity contribution in [2.24, 2.45) is 5.92 Å². The van der Waals surface area contributed by atoms with Gasteiger partial charge >= 0.3 is 5.97 Å². The summed E-state index contributed by atoms with van der Waals surface area (Å²) < 4.78 is 0. The van der Waals surface area contributed by atoms with Crippen LogP contribution >= 0.6 is 0 Å². The largest absolute Gasteiger partial charge is 0.481 e. The highest BCUT2D eigenvalue weighted by Crippen LogP contribution is 2.30. The molecule has 0 heterocycles. The molecule has 0 aromatic heterocycles. The fraction of sp³-hybridized carbons (Fsp3) is 0.750. The Labute approximate surface area is 71.0 Å². The molecule has 4 heteroatoms. The summed E-state index contributed by atoms with van der Waals surface area (Å²) in [7, 11) is 0. The lowest BCUT2D eigenvalue weighted by atomic mass is 9.77. The zero-order valence-electron chi connectivity index (χ0n) is 7.04. The number of hydrogen-bond acceptors (Lipinski definition) is 2. The van der Waals surface area contributed by atoms with E-state index in [-0.39, 0.29) is 24.3 Å². The molecule has 2 N–H and O–H groups in total. The lowest BCUT2D eigenvalue weighted by Crippen LogP contribution is -2.46. The molecule has 0 saturated heterocycles. The minimum atomic E-state index is -0.782. The van der Waals surface area contributed by atoms with Gasteiger partial charge in [0.05, 0.1) is 6.42 Å². The van der Waals surface area contributed by atoms with E-state index in [1.165, 1.54) is 6.92 Å². The van der Waals surface area contributed by atoms with Crippen LogP contribution in [0.3, 0.4) is 0 Å². The minimum Gasteiger partial charge on any atom is -0.481 e. The summed E-state index contributed by atoms with van der Waals surface area (Å²) in [6, 6.07) is 0.0959. The molecule has 1 aliphatic carbocycles. The number of nitrogens with one attached hydrogen (secondary N) is 1. The van der Waals surface area contributed by atoms with Crippen LogP contribution in [0.2, 0.25) is 0 Å². The van der Waals surface area contributed by atoms with Crippen LogP contribution < -0.4 is 5.32 Å². The molecule has 0 bridgehead atoms. The number of carboxylic acids is 1. The predicted octanol–water partition coefficient (Wildman–Crippen LogP) is 0.376. The second kappa shape index (κ2) is 3.56. The van der Waals surface area contributed by atoms with Crippen LogP contribution in [0.5, 0.6) is 0 Å². The SMILES string of the molecule is CC(=O)NC1CCC1CC(=O)O. The molecule has 2 unspecified atom stereocenters. The summed E-state index contributed by atoms with van der Waals surface area (Å²) in [5, 5.41) is 11.2. The molecule has 1 rings (SSSR count). The molecule has 1 fully saturated rings. The van der Waals surface area contributed by atoms with E-state index in [0.717, 1.165) is 12.8 Å². The van der Waals surface area contributed by atoms with E-state index >= 15 is 0 Å². The van der Waals surface area contributed by atoms with E-state index in [2.05, 4.69) is 5.32 Å². The Morgan fingerprint density at radius 1 is 1.50 bits per heavy atom. The number of carboxylic acid groups (broad SMARTS) is 1. The molecule has 4 nitrogen and oxygen atoms in total. The fourth-order valence-corrected chi connectivity index (χ4v) is 1.49. The maximum absolute atomic E-state index is 10.6. The molecular formula is C8H13NO3. The Morgan fingerprint density at radius 3 is 2.50 bits per heavy atom. The maximum Gasteiger partial charge on any atom is 0.303 e. The fourth-order valence-electron chi connectivity index (χ4n) is 1.49. The Bertz CT molecular complexity index is 180. The summed E-state index contributed by atoms with van der Waals surface area (Å²) in [5.74, 6) is -0.712. The van der Waals surface area contributed by atoms with E-state index in [9.17, 15) is 9.59 Å². The average molecular weight is 171 g/mol. The van der Waals surface area contributed by atoms with Crippen molar-refractivity contribution in [3.05, 3.63) is 0 Å². The van der Waals surface area contributed by atoms with Crippen LogP contribution in [0.25, 0.3) is 0 Å². The number of hydrogen-bond donors (Lipinski definition) is 2. The van der Waals surface area contributed by atoms with Crippen molar-refractivity contribution in [3.8, 4) is 0 Å². The first kappa shape index (κ1) is 9.03. The first-order valence-electron chi connectivity index (χ1n) is 4.08. The van der Waals surface area contributed by atoms with Gasteiger partial charge in [0.2, 0.25) is 5.91 Å². The van der Waals surface area contributed by atoms with Crippen LogP contribution in [-0.4, -0.2) is 23.0 Å². The lowest BCUT2D eigenvalue weighted by molar-refractivity contribution is -0.139. The molecule has 12 heavy (non-hydrogen) atoms. The molecule has 0 aromatic rings. The molecule has 1 amide bonds. The summed E-state index contributed by atoms with van der Waals surface area (Å²) in [4.78, 5) is 20.9. The predicted molar refractivity (Wildman–Crippen MR) is 42.6 cm³/mol. The van der Waals surface area contributed by atoms with Gasteiger partial charge in [-0.1, -0.05) is 0 Å². The van der Waals surface area contributed by atoms with Crippen molar-refractivity contribution < 1.29 is 14.7 Å². The first-order chi connectivity index (χ1) is 5.59. The van der Waals surface area contributed by atoms with Crippen molar-refractivity contribution in [1.82, 2.24) is 5.32 Å². The molecular weight excluding hydrogens is 158 g/mol. The van der Waals surface area contributed by atoms with Gasteiger partial charge in [0.25, 0.3) is 0 Å². The molecule has 0 aliphatic heterocycles. The second-order valence-electron chi connectivity index (χ2n) is 3.24. The van der Waals surface area contributed by atoms with E-state index in [1.54, 1.807) is 0 Å². The van der Waals surface area contributed by atoms with E-state index in [4.69, 9.17) is 5.11 Å². The molecule has 1 aliphatic rings. The second-order valence-corrected chi connectivity index (χ2v) is 3.24. The summed E-state index contributed by atoms with van der Waals surface area (Å²) >= 11 is 0. The standard InChI is InChI=1S/C8H13NO3/c1-5(10)9-7-3-2-6(7)4-8(11)12/h6-7H,2-4H2,1H3,(H,9,10)(H,11,12). The third kappa shape index (κ3) is 2.22. The molecule has 0 spiro atoms. The first-order valence-corrected chi connectivity index (χ1v) is 4.08. The van der Waals surface area contributed by atoms with Gasteiger partial charge in [-0.25, -0.2) is 0 Å². The van der Waals surface area contributed by atoms with Crippen LogP contribution in [-0.2, 0) is 9.59 Å². The van der Waals surface area contributed by atoms with Crippen LogP contribution in [0.15, 0.2) is 0 Å². The monoisotopic (exact) mass is 171 g/mol. The molecule has 0 aromatic carbocycles. The van der Waals surface area contributed by atoms with Crippen LogP contribution in [0, 0.1) is 5.92 Å². The molecule has 2 atom stereocenters. The van der Waals surface area contributed by atoms with Gasteiger partial charge < -0.3 is 10.4 Å². The number of aliphatic carboxylic acids is 1. The van der Waals surface area contributed by atoms with E-state index in [0.29, 0.717) is 0 Å². The topological polar surface area (TPSA) is 66.4 Å². The Hall–Kier alpha value is -1.06. The van der Waals surface area contributed by atoms with Gasteiger partial charge in [-0.15, -0.1) is 0 Å². The van der Waals surface area contributed by atoms with Crippen molar-refractivity contribution in [2.75, 3.05) is 0 Å². The van der Waals surface area contributed by atoms with Crippen molar-refractivity contribution in [1.29, 1.82) is 0 Å². The van der Waals surface area contributed by atoms with E-state index < -0.39 is 5.97 Å². The lowest BCUT2D eigenvalue weighted by Gasteiger charge is -2.35. The Kier molecular flexibility index (Phi) is 2.68. The number of carbonyl (C=O) groups excluding carboxylic acids is 1. The third-order valence-electron chi connectivity index (χ3n) is 2.24. The van der Waals surface area contributed by atoms with Crippen molar-refractivity contribution in [2.45, 2.75) is 32.2 Å². The van der Waals surface area contributed by atoms with Crippen molar-refractivity contribution >= 4 is 11.9 Å². The van der Waals surface area contributed by atoms with Gasteiger partial charge in [0, 0.05) is 13.0 Å². The highest BCUT2D eigenvalue weighted by Gasteiger charge is 2.32. The average Bonchev–Trinajstić information content (AvgIpc) is 1.93. The Morgan fingerprint density at radius 2 is 2.17 bits per heavy atom. The minimum absolute atomic E-state index is 0.0740. The van der Waals surface area contributed by atoms with Gasteiger partial charge in [-0.05, 0) is 18.8 Å². The zero-order valence-corrected chi connectivity index (χ0v) is 7.04. The van der Waals surface area contributed by atoms with Gasteiger partial charge in [0.1, 0.15) is 0 Å². The van der Waals surface area contributed by atoms with Gasteiger partial charge in [-0.3, -0.25) is 9.59 Å². The number of amides is 1. The van der Waals surface area contributed by atoms with Crippen molar-refractivity contribution in [3.63, 3.8) is 0 Å². The quantitative estimate of drug-likeness (QED) is 0.645. The highest BCUT2D eigenvalue weighted by atomic mass is 16.4.